The number of hydrogen-bond donors (Lipinski definition) is 6. The van der Waals surface area contributed by atoms with Crippen LogP contribution in [0.4, 0.5) is 24.9 Å². The molecule has 9 aromatic heterocycles. The number of aromatic nitrogens is 14. The summed E-state index contributed by atoms with van der Waals surface area (Å²) in [6, 6.07) is 26.5. The number of aromatic amines is 2. The van der Waals surface area contributed by atoms with Gasteiger partial charge in [0.1, 0.15) is 81.5 Å². The summed E-state index contributed by atoms with van der Waals surface area (Å²) in [5, 5.41) is 67.7. The van der Waals surface area contributed by atoms with Crippen LogP contribution in [-0.2, 0) is 129 Å². The fourth-order valence-corrected chi connectivity index (χ4v) is 21.4. The van der Waals surface area contributed by atoms with Crippen molar-refractivity contribution in [3.05, 3.63) is 203 Å². The van der Waals surface area contributed by atoms with E-state index in [1.165, 1.54) is 29.8 Å². The highest BCUT2D eigenvalue weighted by molar-refractivity contribution is 9.10. The number of ether oxygens (including phenoxy) is 8. The van der Waals surface area contributed by atoms with Gasteiger partial charge >= 0.3 is 37.4 Å². The molecule has 12 aromatic rings. The number of carbonyl (C=O) groups excluding carboxylic acids is 5. The van der Waals surface area contributed by atoms with Gasteiger partial charge in [0.2, 0.25) is 0 Å². The summed E-state index contributed by atoms with van der Waals surface area (Å²) in [7, 11) is -5.06. The molecule has 46 heteroatoms. The molecule has 6 aliphatic rings. The maximum absolute atomic E-state index is 12.6. The first-order valence-corrected chi connectivity index (χ1v) is 66.8. The molecule has 35 nitrogen and oxygen atoms in total. The number of anilines is 1. The minimum atomic E-state index is -1.69. The Morgan fingerprint density at radius 3 is 1.43 bits per heavy atom. The van der Waals surface area contributed by atoms with Gasteiger partial charge in [-0.1, -0.05) is 119 Å². The van der Waals surface area contributed by atoms with Crippen LogP contribution in [0.15, 0.2) is 111 Å². The number of benzene rings is 3. The van der Waals surface area contributed by atoms with Gasteiger partial charge in [0, 0.05) is 222 Å². The Balaban J connectivity index is 0.000000168. The number of hydrogen-bond acceptors (Lipinski definition) is 29. The third-order valence-corrected chi connectivity index (χ3v) is 32.8. The van der Waals surface area contributed by atoms with E-state index >= 15 is 0 Å². The van der Waals surface area contributed by atoms with Crippen molar-refractivity contribution < 1.29 is 71.9 Å². The highest BCUT2D eigenvalue weighted by atomic mass is 79.9. The van der Waals surface area contributed by atoms with E-state index in [4.69, 9.17) is 66.2 Å². The molecule has 150 heavy (non-hydrogen) atoms. The van der Waals surface area contributed by atoms with Crippen molar-refractivity contribution in [2.75, 3.05) is 71.1 Å². The zero-order chi connectivity index (χ0) is 109. The zero-order valence-electron chi connectivity index (χ0n) is 90.6. The molecule has 15 heterocycles. The maximum Gasteiger partial charge on any atom is 0.510 e. The van der Waals surface area contributed by atoms with Crippen LogP contribution in [0.25, 0.3) is 34.2 Å². The molecule has 1 saturated heterocycles. The van der Waals surface area contributed by atoms with E-state index < -0.39 is 54.2 Å². The van der Waals surface area contributed by atoms with Gasteiger partial charge in [-0.3, -0.25) is 15.0 Å². The fourth-order valence-electron chi connectivity index (χ4n) is 15.8. The van der Waals surface area contributed by atoms with E-state index in [-0.39, 0.29) is 49.5 Å². The van der Waals surface area contributed by atoms with Gasteiger partial charge in [-0.15, -0.1) is 45.3 Å². The van der Waals surface area contributed by atoms with Crippen LogP contribution in [0.3, 0.4) is 0 Å². The molecule has 0 bridgehead atoms. The molecule has 0 saturated carbocycles. The zero-order valence-corrected chi connectivity index (χ0v) is 100.0. The Bertz CT molecular complexity index is 6340. The number of thiazole rings is 4. The highest BCUT2D eigenvalue weighted by Gasteiger charge is 2.37. The minimum absolute atomic E-state index is 0.144. The minimum Gasteiger partial charge on any atom is -0.444 e. The average Bonchev–Trinajstić information content (AvgIpc) is 1.36. The van der Waals surface area contributed by atoms with Gasteiger partial charge < -0.3 is 78.2 Å². The molecule has 5 amide bonds. The Morgan fingerprint density at radius 2 is 0.960 bits per heavy atom. The van der Waals surface area contributed by atoms with Gasteiger partial charge in [-0.05, 0) is 185 Å². The van der Waals surface area contributed by atoms with Gasteiger partial charge in [0.05, 0.1) is 64.4 Å². The number of carbonyl (C=O) groups is 5. The number of para-hydroxylation sites is 1. The average molecular weight is 2290 g/mol. The lowest BCUT2D eigenvalue weighted by Gasteiger charge is -2.30. The number of esters is 1. The number of aryl methyl sites for hydroxylation is 4. The Kier molecular flexibility index (Phi) is 44.9. The van der Waals surface area contributed by atoms with Crippen molar-refractivity contribution >= 4 is 157 Å². The molecular formula is C104H148BBrCl2N20O15S4Si3. The van der Waals surface area contributed by atoms with Crippen molar-refractivity contribution in [3.8, 4) is 39.9 Å². The first kappa shape index (κ1) is 120. The van der Waals surface area contributed by atoms with Crippen LogP contribution < -0.4 is 21.0 Å². The molecule has 6 N–H and O–H groups in total. The van der Waals surface area contributed by atoms with Crippen molar-refractivity contribution in [3.63, 3.8) is 0 Å². The molecule has 0 spiro atoms. The third-order valence-electron chi connectivity index (χ3n) is 23.5. The Labute approximate surface area is 919 Å². The van der Waals surface area contributed by atoms with E-state index in [0.29, 0.717) is 99.3 Å². The molecule has 6 aliphatic heterocycles. The Morgan fingerprint density at radius 1 is 0.507 bits per heavy atom. The topological polar surface area (TPSA) is 399 Å². The monoisotopic (exact) mass is 2290 g/mol. The van der Waals surface area contributed by atoms with E-state index in [1.54, 1.807) is 106 Å². The molecule has 3 aromatic carbocycles. The van der Waals surface area contributed by atoms with Crippen molar-refractivity contribution in [1.29, 1.82) is 0 Å². The second kappa shape index (κ2) is 55.9. The van der Waals surface area contributed by atoms with Gasteiger partial charge in [0.15, 0.2) is 0 Å². The second-order valence-corrected chi connectivity index (χ2v) is 66.3. The first-order chi connectivity index (χ1) is 70.8. The van der Waals surface area contributed by atoms with Crippen LogP contribution in [0.2, 0.25) is 87.1 Å². The van der Waals surface area contributed by atoms with Gasteiger partial charge in [-0.25, -0.2) is 53.2 Å². The molecule has 0 atom stereocenters. The smallest absolute Gasteiger partial charge is 0.444 e. The molecule has 0 unspecified atom stereocenters. The summed E-state index contributed by atoms with van der Waals surface area (Å²) < 4.78 is 50.6. The standard InChI is InChI=1S/C21H34N4O3SSi.C17H32BN3O5Si.C17H16ClN5OS.C17H31N3O3Si.C14H11ClO2.C10H12N4S.C4H4BrNS.C4H8O/c1-15-22-17(13-29-15)19-16-12-24(20(26)28-21(2,3)4)9-8-18(16)25(23-19)14-27-10-11-30(5,6)7;1-17(2,3)26-16(22)20-8-7-14-13(11-20)15(18(23)24)19-21(14)12-25-9-10-27(4,5)6;1-10-19-15(9-25-10)16-13-8-23(6-5-14(13)21-22-16)17(24)20-12-4-2-3-11(18)7-12;1-17(2,3)23-16(21)19-8-7-15-14(12-19)11-18-20(15)13-22-9-10-24(4,5)6;15-12-6-4-5-11(9-12)10-14(16)17-13-7-2-1-3-8-13;1-6-12-9(5-15-6)10-7-4-11-3-2-8(7)13-14-10;1-3-6-4(5)2-7-3;1-2-4-5-3-1/h13H,8-12,14H2,1-7H3;23-24H,7-12H2,1-6H3;2-4,7,9H,5-6,8H2,1H3,(H,20,24)(H,21,22);11H,7-10,12-13H2,1-6H3;1-9H,10H2;5,11H,2-4H2,1H3,(H,13,14);2H,1H3;1-4H2. The SMILES string of the molecule is C1CCOC1.CC(C)(C)OC(=O)N1CCc2c(c(B(O)O)nn2COCC[Si](C)(C)C)C1.CC(C)(C)OC(=O)N1CCc2c(cnn2COCC[Si](C)(C)C)C1.Cc1nc(-c2n[nH]c3c2CN(C(=O)Nc2cccc(Cl)c2)CC3)cs1.Cc1nc(-c2n[nH]c3c2CNCC3)cs1.Cc1nc(-c2nn(COCC[Si](C)(C)C)c3c2CN(C(=O)OC(C)(C)C)CC3)cs1.Cc1nc(Br)cs1.O=C(Cc1cccc(Cl)c1)Oc1ccccc1. The van der Waals surface area contributed by atoms with Crippen molar-refractivity contribution in [1.82, 2.24) is 94.6 Å². The lowest BCUT2D eigenvalue weighted by molar-refractivity contribution is -0.133. The maximum atomic E-state index is 12.6. The number of nitrogens with one attached hydrogen (secondary N) is 4. The fraction of sp³-hybridized carbons (Fsp3) is 0.519. The quantitative estimate of drug-likeness (QED) is 0.0114. The summed E-state index contributed by atoms with van der Waals surface area (Å²) in [6.07, 6.45) is 7.51. The van der Waals surface area contributed by atoms with E-state index in [0.717, 1.165) is 181 Å². The van der Waals surface area contributed by atoms with Crippen LogP contribution >= 0.6 is 84.5 Å². The summed E-state index contributed by atoms with van der Waals surface area (Å²) in [5.41, 5.74) is 16.2. The Hall–Kier alpha value is -9.72. The van der Waals surface area contributed by atoms with Gasteiger partial charge in [-0.2, -0.15) is 25.5 Å². The van der Waals surface area contributed by atoms with Crippen LogP contribution in [0, 0.1) is 27.7 Å². The number of amides is 5. The summed E-state index contributed by atoms with van der Waals surface area (Å²) in [4.78, 5) is 85.9. The molecule has 18 rings (SSSR count). The second-order valence-electron chi connectivity index (χ2n) is 43.5. The molecule has 0 radical (unpaired) electrons. The normalized spacial score (nSPS) is 14.2. The van der Waals surface area contributed by atoms with Crippen molar-refractivity contribution in [2.24, 2.45) is 0 Å². The van der Waals surface area contributed by atoms with E-state index in [9.17, 15) is 34.0 Å². The number of nitrogens with zero attached hydrogens (tertiary/aromatic N) is 16. The van der Waals surface area contributed by atoms with Crippen LogP contribution in [-0.4, -0.2) is 244 Å². The molecule has 0 aliphatic carbocycles. The summed E-state index contributed by atoms with van der Waals surface area (Å²) in [5.74, 6) is 0.262. The van der Waals surface area contributed by atoms with E-state index in [2.05, 4.69) is 141 Å². The lowest BCUT2D eigenvalue weighted by atomic mass is 9.81. The first-order valence-electron chi connectivity index (χ1n) is 50.6. The highest BCUT2D eigenvalue weighted by Crippen LogP contribution is 2.36. The van der Waals surface area contributed by atoms with Crippen LogP contribution in [0.1, 0.15) is 157 Å². The predicted molar refractivity (Wildman–Crippen MR) is 606 cm³/mol. The largest absolute Gasteiger partial charge is 0.510 e. The van der Waals surface area contributed by atoms with Crippen LogP contribution in [0.5, 0.6) is 5.75 Å². The summed E-state index contributed by atoms with van der Waals surface area (Å²) in [6.45, 7) is 57.2. The third kappa shape index (κ3) is 39.7. The number of rotatable bonds is 23. The molecule has 814 valence electrons. The number of H-pyrrole nitrogens is 2. The number of fused-ring (bicyclic) bond motifs is 5. The molecule has 1 fully saturated rings. The van der Waals surface area contributed by atoms with Gasteiger partial charge in [0.25, 0.3) is 0 Å². The number of urea groups is 1. The summed E-state index contributed by atoms with van der Waals surface area (Å²) >= 11 is 21.6. The number of halogens is 3. The lowest BCUT2D eigenvalue weighted by Crippen LogP contribution is -2.43. The predicted octanol–water partition coefficient (Wildman–Crippen LogP) is 21.6. The van der Waals surface area contributed by atoms with E-state index in [1.807, 2.05) is 164 Å². The molecular weight excluding hydrogens is 2140 g/mol. The van der Waals surface area contributed by atoms with Crippen molar-refractivity contribution in [2.45, 2.75) is 288 Å².